The molecule has 1 atom stereocenters. The van der Waals surface area contributed by atoms with Crippen LogP contribution >= 0.6 is 0 Å². The molecule has 40 heavy (non-hydrogen) atoms. The second kappa shape index (κ2) is 13.0. The van der Waals surface area contributed by atoms with Crippen LogP contribution in [0.25, 0.3) is 22.2 Å². The minimum Gasteiger partial charge on any atom is -0.361 e. The quantitative estimate of drug-likeness (QED) is 0.214. The molecule has 1 aliphatic rings. The maximum Gasteiger partial charge on any atom is 0.271 e. The van der Waals surface area contributed by atoms with Crippen LogP contribution in [0.15, 0.2) is 72.9 Å². The molecule has 1 saturated carbocycles. The Morgan fingerprint density at radius 2 is 1.62 bits per heavy atom. The highest BCUT2D eigenvalue weighted by Crippen LogP contribution is 2.31. The second-order valence-corrected chi connectivity index (χ2v) is 10.7. The molecule has 0 radical (unpaired) electrons. The van der Waals surface area contributed by atoms with Gasteiger partial charge in [0.25, 0.3) is 5.91 Å². The summed E-state index contributed by atoms with van der Waals surface area (Å²) in [7, 11) is 0. The molecule has 0 aliphatic heterocycles. The van der Waals surface area contributed by atoms with Gasteiger partial charge < -0.3 is 25.1 Å². The summed E-state index contributed by atoms with van der Waals surface area (Å²) in [6.45, 7) is 7.12. The van der Waals surface area contributed by atoms with Crippen LogP contribution in [0.3, 0.4) is 0 Å². The third kappa shape index (κ3) is 6.15. The molecule has 1 fully saturated rings. The number of nitrogens with zero attached hydrogens (tertiary/aromatic N) is 2. The fourth-order valence-corrected chi connectivity index (χ4v) is 5.90. The van der Waals surface area contributed by atoms with Crippen molar-refractivity contribution in [1.82, 2.24) is 25.1 Å². The van der Waals surface area contributed by atoms with Crippen molar-refractivity contribution >= 4 is 22.7 Å². The Morgan fingerprint density at radius 3 is 2.38 bits per heavy atom. The van der Waals surface area contributed by atoms with Gasteiger partial charge in [-0.3, -0.25) is 9.59 Å². The van der Waals surface area contributed by atoms with E-state index in [0.717, 1.165) is 66.5 Å². The van der Waals surface area contributed by atoms with Crippen LogP contribution in [0.1, 0.15) is 68.0 Å². The molecule has 5 rings (SSSR count). The molecule has 210 valence electrons. The number of hydrogen-bond acceptors (Lipinski definition) is 3. The molecule has 0 saturated heterocycles. The molecule has 7 nitrogen and oxygen atoms in total. The Morgan fingerprint density at radius 1 is 0.900 bits per heavy atom. The number of aromatic nitrogens is 2. The number of fused-ring (bicyclic) bond motifs is 1. The molecular weight excluding hydrogens is 498 g/mol. The second-order valence-electron chi connectivity index (χ2n) is 10.7. The van der Waals surface area contributed by atoms with Gasteiger partial charge in [-0.15, -0.1) is 0 Å². The standard InChI is InChI=1S/C33H41N5O2/c1-3-37(4-2)21-22-38(33(40)30-20-19-28(36-30)24-13-7-5-8-14-24)31(32(39)35-25-15-9-6-10-16-25)27-23-34-29-18-12-11-17-26(27)29/h5,7-8,11-14,17-20,23,25,31,34,36H,3-4,6,9-10,15-16,21-22H2,1-2H3,(H,35,39). The van der Waals surface area contributed by atoms with E-state index in [1.165, 1.54) is 6.42 Å². The highest BCUT2D eigenvalue weighted by atomic mass is 16.2. The summed E-state index contributed by atoms with van der Waals surface area (Å²) in [5.41, 5.74) is 4.15. The highest BCUT2D eigenvalue weighted by Gasteiger charge is 2.35. The molecule has 2 amide bonds. The fraction of sp³-hybridized carbons (Fsp3) is 0.394. The molecule has 0 spiro atoms. The van der Waals surface area contributed by atoms with Gasteiger partial charge in [-0.25, -0.2) is 0 Å². The van der Waals surface area contributed by atoms with Gasteiger partial charge in [-0.05, 0) is 49.7 Å². The maximum absolute atomic E-state index is 14.3. The van der Waals surface area contributed by atoms with Gasteiger partial charge in [0.2, 0.25) is 5.91 Å². The first-order valence-corrected chi connectivity index (χ1v) is 14.7. The number of carbonyl (C=O) groups is 2. The van der Waals surface area contributed by atoms with E-state index in [-0.39, 0.29) is 17.9 Å². The van der Waals surface area contributed by atoms with Crippen molar-refractivity contribution in [2.75, 3.05) is 26.2 Å². The number of amides is 2. The summed E-state index contributed by atoms with van der Waals surface area (Å²) in [6.07, 6.45) is 7.32. The Kier molecular flexibility index (Phi) is 9.01. The third-order valence-electron chi connectivity index (χ3n) is 8.24. The normalized spacial score (nSPS) is 14.9. The van der Waals surface area contributed by atoms with Crippen molar-refractivity contribution in [3.05, 3.63) is 84.2 Å². The zero-order chi connectivity index (χ0) is 27.9. The van der Waals surface area contributed by atoms with E-state index in [1.54, 1.807) is 4.90 Å². The molecule has 1 aliphatic carbocycles. The van der Waals surface area contributed by atoms with E-state index in [2.05, 4.69) is 34.0 Å². The number of aromatic amines is 2. The highest BCUT2D eigenvalue weighted by molar-refractivity contribution is 5.99. The average molecular weight is 540 g/mol. The van der Waals surface area contributed by atoms with E-state index in [0.29, 0.717) is 18.8 Å². The predicted octanol–water partition coefficient (Wildman–Crippen LogP) is 6.14. The van der Waals surface area contributed by atoms with Crippen molar-refractivity contribution in [3.8, 4) is 11.3 Å². The van der Waals surface area contributed by atoms with Crippen LogP contribution in [0, 0.1) is 0 Å². The van der Waals surface area contributed by atoms with Crippen LogP contribution in [0.2, 0.25) is 0 Å². The number of para-hydroxylation sites is 1. The van der Waals surface area contributed by atoms with Gasteiger partial charge in [0, 0.05) is 47.5 Å². The van der Waals surface area contributed by atoms with Crippen molar-refractivity contribution in [2.24, 2.45) is 0 Å². The zero-order valence-corrected chi connectivity index (χ0v) is 23.7. The summed E-state index contributed by atoms with van der Waals surface area (Å²) in [6, 6.07) is 21.1. The van der Waals surface area contributed by atoms with E-state index in [9.17, 15) is 9.59 Å². The Bertz CT molecular complexity index is 1400. The summed E-state index contributed by atoms with van der Waals surface area (Å²) in [5.74, 6) is -0.289. The molecule has 2 aromatic heterocycles. The molecule has 4 aromatic rings. The van der Waals surface area contributed by atoms with Gasteiger partial charge in [0.1, 0.15) is 11.7 Å². The van der Waals surface area contributed by atoms with E-state index >= 15 is 0 Å². The smallest absolute Gasteiger partial charge is 0.271 e. The lowest BCUT2D eigenvalue weighted by Gasteiger charge is -2.34. The average Bonchev–Trinajstić information content (AvgIpc) is 3.66. The van der Waals surface area contributed by atoms with Gasteiger partial charge in [0.15, 0.2) is 0 Å². The Labute approximate surface area is 237 Å². The lowest BCUT2D eigenvalue weighted by molar-refractivity contribution is -0.126. The first-order chi connectivity index (χ1) is 19.6. The van der Waals surface area contributed by atoms with Crippen LogP contribution in [0.5, 0.6) is 0 Å². The van der Waals surface area contributed by atoms with Crippen molar-refractivity contribution in [2.45, 2.75) is 58.0 Å². The van der Waals surface area contributed by atoms with Crippen LogP contribution in [-0.4, -0.2) is 63.8 Å². The first-order valence-electron chi connectivity index (χ1n) is 14.7. The minimum atomic E-state index is -0.760. The van der Waals surface area contributed by atoms with E-state index in [1.807, 2.05) is 72.9 Å². The van der Waals surface area contributed by atoms with Crippen molar-refractivity contribution in [3.63, 3.8) is 0 Å². The Balaban J connectivity index is 1.54. The number of carbonyl (C=O) groups excluding carboxylic acids is 2. The molecule has 1 unspecified atom stereocenters. The predicted molar refractivity (Wildman–Crippen MR) is 161 cm³/mol. The summed E-state index contributed by atoms with van der Waals surface area (Å²) < 4.78 is 0. The summed E-state index contributed by atoms with van der Waals surface area (Å²) >= 11 is 0. The Hall–Kier alpha value is -3.84. The lowest BCUT2D eigenvalue weighted by Crippen LogP contribution is -2.49. The van der Waals surface area contributed by atoms with Gasteiger partial charge >= 0.3 is 0 Å². The number of nitrogens with one attached hydrogen (secondary N) is 3. The van der Waals surface area contributed by atoms with Crippen LogP contribution in [-0.2, 0) is 4.79 Å². The van der Waals surface area contributed by atoms with Gasteiger partial charge in [-0.2, -0.15) is 0 Å². The monoisotopic (exact) mass is 539 g/mol. The van der Waals surface area contributed by atoms with E-state index < -0.39 is 6.04 Å². The van der Waals surface area contributed by atoms with Crippen LogP contribution in [0.4, 0.5) is 0 Å². The van der Waals surface area contributed by atoms with Crippen molar-refractivity contribution in [1.29, 1.82) is 0 Å². The topological polar surface area (TPSA) is 84.2 Å². The maximum atomic E-state index is 14.3. The van der Waals surface area contributed by atoms with Gasteiger partial charge in [0.05, 0.1) is 0 Å². The molecule has 2 aromatic carbocycles. The van der Waals surface area contributed by atoms with Crippen LogP contribution < -0.4 is 5.32 Å². The number of rotatable bonds is 11. The largest absolute Gasteiger partial charge is 0.361 e. The fourth-order valence-electron chi connectivity index (χ4n) is 5.90. The first kappa shape index (κ1) is 27.7. The number of benzene rings is 2. The van der Waals surface area contributed by atoms with Gasteiger partial charge in [-0.1, -0.05) is 81.6 Å². The molecule has 0 bridgehead atoms. The molecule has 7 heteroatoms. The molecule has 2 heterocycles. The molecular formula is C33H41N5O2. The number of likely N-dealkylation sites (N-methyl/N-ethyl adjacent to an activating group) is 1. The summed E-state index contributed by atoms with van der Waals surface area (Å²) in [4.78, 5) is 39.3. The summed E-state index contributed by atoms with van der Waals surface area (Å²) in [5, 5.41) is 4.30. The van der Waals surface area contributed by atoms with E-state index in [4.69, 9.17) is 0 Å². The zero-order valence-electron chi connectivity index (χ0n) is 23.7. The number of H-pyrrole nitrogens is 2. The third-order valence-corrected chi connectivity index (χ3v) is 8.24. The SMILES string of the molecule is CCN(CC)CCN(C(=O)c1ccc(-c2ccccc2)[nH]1)C(C(=O)NC1CCCCC1)c1c[nH]c2ccccc12. The molecule has 3 N–H and O–H groups in total. The van der Waals surface area contributed by atoms with Crippen molar-refractivity contribution < 1.29 is 9.59 Å². The number of hydrogen-bond donors (Lipinski definition) is 3. The lowest BCUT2D eigenvalue weighted by atomic mass is 9.94. The minimum absolute atomic E-state index is 0.112.